The molecular weight excluding hydrogens is 159 g/mol. The van der Waals surface area contributed by atoms with E-state index in [2.05, 4.69) is 6.07 Å². The summed E-state index contributed by atoms with van der Waals surface area (Å²) in [6.45, 7) is 1.73. The quantitative estimate of drug-likeness (QED) is 0.644. The normalized spacial score (nSPS) is 12.6. The molecule has 1 atom stereocenters. The van der Waals surface area contributed by atoms with Crippen LogP contribution >= 0.6 is 0 Å². The van der Waals surface area contributed by atoms with E-state index < -0.39 is 0 Å². The molecule has 0 saturated heterocycles. The first-order valence-electron chi connectivity index (χ1n) is 3.58. The fraction of sp³-hybridized carbons (Fsp3) is 0.333. The lowest BCUT2D eigenvalue weighted by molar-refractivity contribution is -0.0384. The standard InChI is InChI=1S/C9H10FO2/c1-7(11-2)12-9-5-3-4-8(10)6-9/h4-7H,1-2H3. The van der Waals surface area contributed by atoms with Crippen molar-refractivity contribution in [2.45, 2.75) is 13.2 Å². The molecule has 0 amide bonds. The third kappa shape index (κ3) is 2.51. The second-order valence-corrected chi connectivity index (χ2v) is 2.31. The number of ether oxygens (including phenoxy) is 2. The summed E-state index contributed by atoms with van der Waals surface area (Å²) in [5.74, 6) is 0.0557. The molecule has 0 aromatic heterocycles. The van der Waals surface area contributed by atoms with Crippen molar-refractivity contribution in [3.05, 3.63) is 30.1 Å². The number of methoxy groups -OCH3 is 1. The van der Waals surface area contributed by atoms with Crippen LogP contribution in [0.1, 0.15) is 6.92 Å². The summed E-state index contributed by atoms with van der Waals surface area (Å²) in [6.07, 6.45) is -0.375. The first-order chi connectivity index (χ1) is 5.72. The summed E-state index contributed by atoms with van der Waals surface area (Å²) in [6, 6.07) is 6.68. The molecule has 65 valence electrons. The van der Waals surface area contributed by atoms with Crippen LogP contribution < -0.4 is 4.74 Å². The van der Waals surface area contributed by atoms with Gasteiger partial charge < -0.3 is 9.47 Å². The van der Waals surface area contributed by atoms with Gasteiger partial charge in [-0.25, -0.2) is 4.39 Å². The van der Waals surface area contributed by atoms with Crippen molar-refractivity contribution < 1.29 is 13.9 Å². The highest BCUT2D eigenvalue weighted by molar-refractivity contribution is 5.21. The zero-order valence-electron chi connectivity index (χ0n) is 7.00. The highest BCUT2D eigenvalue weighted by Gasteiger charge is 2.01. The predicted octanol–water partition coefficient (Wildman–Crippen LogP) is 2.00. The van der Waals surface area contributed by atoms with Crippen molar-refractivity contribution in [1.82, 2.24) is 0 Å². The lowest BCUT2D eigenvalue weighted by Gasteiger charge is -2.11. The molecule has 0 aliphatic rings. The van der Waals surface area contributed by atoms with Gasteiger partial charge in [-0.1, -0.05) is 0 Å². The number of halogens is 1. The number of hydrogen-bond donors (Lipinski definition) is 0. The van der Waals surface area contributed by atoms with E-state index in [1.54, 1.807) is 13.0 Å². The van der Waals surface area contributed by atoms with Crippen LogP contribution in [-0.4, -0.2) is 13.4 Å². The van der Waals surface area contributed by atoms with E-state index in [0.29, 0.717) is 5.75 Å². The molecule has 0 aliphatic heterocycles. The fourth-order valence-electron chi connectivity index (χ4n) is 0.730. The Morgan fingerprint density at radius 3 is 2.83 bits per heavy atom. The second-order valence-electron chi connectivity index (χ2n) is 2.31. The van der Waals surface area contributed by atoms with E-state index in [-0.39, 0.29) is 12.1 Å². The van der Waals surface area contributed by atoms with Crippen molar-refractivity contribution in [1.29, 1.82) is 0 Å². The molecule has 1 unspecified atom stereocenters. The average Bonchev–Trinajstić information content (AvgIpc) is 2.04. The third-order valence-electron chi connectivity index (χ3n) is 1.36. The van der Waals surface area contributed by atoms with Crippen LogP contribution in [0.4, 0.5) is 4.39 Å². The smallest absolute Gasteiger partial charge is 0.196 e. The minimum atomic E-state index is -0.375. The molecule has 0 N–H and O–H groups in total. The Kier molecular flexibility index (Phi) is 3.05. The maximum atomic E-state index is 12.6. The molecule has 1 rings (SSSR count). The molecule has 0 heterocycles. The second kappa shape index (κ2) is 4.07. The van der Waals surface area contributed by atoms with Crippen LogP contribution in [0.5, 0.6) is 5.75 Å². The van der Waals surface area contributed by atoms with Crippen LogP contribution in [-0.2, 0) is 4.74 Å². The molecule has 0 bridgehead atoms. The monoisotopic (exact) mass is 169 g/mol. The minimum Gasteiger partial charge on any atom is -0.465 e. The van der Waals surface area contributed by atoms with Crippen LogP contribution in [0.15, 0.2) is 18.2 Å². The van der Waals surface area contributed by atoms with Gasteiger partial charge in [0.15, 0.2) is 6.29 Å². The van der Waals surface area contributed by atoms with E-state index in [1.807, 2.05) is 0 Å². The molecule has 3 heteroatoms. The van der Waals surface area contributed by atoms with Crippen LogP contribution in [0.25, 0.3) is 0 Å². The van der Waals surface area contributed by atoms with E-state index in [1.165, 1.54) is 19.2 Å². The fourth-order valence-corrected chi connectivity index (χ4v) is 0.730. The van der Waals surface area contributed by atoms with Gasteiger partial charge in [0.2, 0.25) is 0 Å². The topological polar surface area (TPSA) is 18.5 Å². The van der Waals surface area contributed by atoms with Crippen LogP contribution in [0.2, 0.25) is 0 Å². The van der Waals surface area contributed by atoms with Gasteiger partial charge >= 0.3 is 0 Å². The van der Waals surface area contributed by atoms with Gasteiger partial charge in [0.1, 0.15) is 11.6 Å². The molecule has 0 fully saturated rings. The van der Waals surface area contributed by atoms with Crippen LogP contribution in [0, 0.1) is 11.9 Å². The molecule has 1 aromatic carbocycles. The first-order valence-corrected chi connectivity index (χ1v) is 3.58. The largest absolute Gasteiger partial charge is 0.465 e. The van der Waals surface area contributed by atoms with E-state index >= 15 is 0 Å². The third-order valence-corrected chi connectivity index (χ3v) is 1.36. The molecule has 0 saturated carbocycles. The van der Waals surface area contributed by atoms with E-state index in [9.17, 15) is 4.39 Å². The lowest BCUT2D eigenvalue weighted by Crippen LogP contribution is -2.13. The van der Waals surface area contributed by atoms with Crippen molar-refractivity contribution in [3.8, 4) is 5.75 Å². The Morgan fingerprint density at radius 2 is 2.25 bits per heavy atom. The molecule has 0 aliphatic carbocycles. The summed E-state index contributed by atoms with van der Waals surface area (Å²) >= 11 is 0. The zero-order valence-corrected chi connectivity index (χ0v) is 7.00. The lowest BCUT2D eigenvalue weighted by atomic mass is 10.3. The molecule has 12 heavy (non-hydrogen) atoms. The Labute approximate surface area is 70.9 Å². The molecule has 2 nitrogen and oxygen atoms in total. The number of rotatable bonds is 3. The van der Waals surface area contributed by atoms with Gasteiger partial charge in [-0.2, -0.15) is 0 Å². The Bertz CT molecular complexity index is 250. The van der Waals surface area contributed by atoms with Gasteiger partial charge in [0.25, 0.3) is 0 Å². The average molecular weight is 169 g/mol. The maximum absolute atomic E-state index is 12.6. The molecule has 0 spiro atoms. The number of benzene rings is 1. The van der Waals surface area contributed by atoms with Gasteiger partial charge in [0.05, 0.1) is 0 Å². The van der Waals surface area contributed by atoms with Crippen LogP contribution in [0.3, 0.4) is 0 Å². The van der Waals surface area contributed by atoms with Gasteiger partial charge in [-0.05, 0) is 25.1 Å². The minimum absolute atomic E-state index is 0.365. The molecule has 1 radical (unpaired) electrons. The van der Waals surface area contributed by atoms with Crippen molar-refractivity contribution in [2.75, 3.05) is 7.11 Å². The van der Waals surface area contributed by atoms with Gasteiger partial charge in [0, 0.05) is 13.2 Å². The summed E-state index contributed by atoms with van der Waals surface area (Å²) in [7, 11) is 1.52. The van der Waals surface area contributed by atoms with Crippen molar-refractivity contribution in [3.63, 3.8) is 0 Å². The summed E-state index contributed by atoms with van der Waals surface area (Å²) in [5.41, 5.74) is 0. The maximum Gasteiger partial charge on any atom is 0.196 e. The van der Waals surface area contributed by atoms with Crippen molar-refractivity contribution in [2.24, 2.45) is 0 Å². The molecular formula is C9H10FO2. The highest BCUT2D eigenvalue weighted by atomic mass is 19.1. The van der Waals surface area contributed by atoms with E-state index in [4.69, 9.17) is 9.47 Å². The summed E-state index contributed by atoms with van der Waals surface area (Å²) in [5, 5.41) is 0. The van der Waals surface area contributed by atoms with Crippen molar-refractivity contribution >= 4 is 0 Å². The predicted molar refractivity (Wildman–Crippen MR) is 42.3 cm³/mol. The Hall–Kier alpha value is -1.09. The van der Waals surface area contributed by atoms with Gasteiger partial charge in [-0.15, -0.1) is 0 Å². The SMILES string of the molecule is COC(C)Oc1c[c]cc(F)c1. The summed E-state index contributed by atoms with van der Waals surface area (Å²) in [4.78, 5) is 0. The zero-order chi connectivity index (χ0) is 8.97. The molecule has 1 aromatic rings. The van der Waals surface area contributed by atoms with E-state index in [0.717, 1.165) is 0 Å². The first kappa shape index (κ1) is 9.00. The highest BCUT2D eigenvalue weighted by Crippen LogP contribution is 2.13. The van der Waals surface area contributed by atoms with Gasteiger partial charge in [-0.3, -0.25) is 0 Å². The summed E-state index contributed by atoms with van der Waals surface area (Å²) < 4.78 is 22.6. The Balaban J connectivity index is 2.63. The number of hydrogen-bond acceptors (Lipinski definition) is 2. The Morgan fingerprint density at radius 1 is 1.50 bits per heavy atom.